The zero-order valence-corrected chi connectivity index (χ0v) is 13.7. The Kier molecular flexibility index (Phi) is 7.99. The van der Waals surface area contributed by atoms with Gasteiger partial charge < -0.3 is 9.64 Å². The molecular formula is C16H26BF3N2O. The summed E-state index contributed by atoms with van der Waals surface area (Å²) < 4.78 is 34.5. The highest BCUT2D eigenvalue weighted by Crippen LogP contribution is 2.31. The van der Waals surface area contributed by atoms with Crippen molar-refractivity contribution in [3.8, 4) is 0 Å². The number of halogens is 3. The van der Waals surface area contributed by atoms with E-state index in [9.17, 15) is 12.9 Å². The topological polar surface area (TPSA) is 24.8 Å². The molecule has 0 aromatic heterocycles. The monoisotopic (exact) mass is 330 g/mol. The number of allylic oxidation sites excluding steroid dienone is 2. The number of hydrogen-bond donors (Lipinski definition) is 0. The van der Waals surface area contributed by atoms with E-state index in [-0.39, 0.29) is 0 Å². The second-order valence-corrected chi connectivity index (χ2v) is 6.12. The van der Waals surface area contributed by atoms with Crippen molar-refractivity contribution in [3.63, 3.8) is 0 Å². The molecule has 1 saturated heterocycles. The van der Waals surface area contributed by atoms with Crippen LogP contribution in [-0.2, 0) is 4.74 Å². The third kappa shape index (κ3) is 6.20. The number of morpholine rings is 1. The van der Waals surface area contributed by atoms with Crippen molar-refractivity contribution in [1.29, 1.82) is 0 Å². The highest BCUT2D eigenvalue weighted by atomic mass is 19.4. The summed E-state index contributed by atoms with van der Waals surface area (Å²) in [5, 5.41) is 0. The predicted octanol–water partition coefficient (Wildman–Crippen LogP) is 4.04. The van der Waals surface area contributed by atoms with Crippen LogP contribution < -0.4 is 0 Å². The van der Waals surface area contributed by atoms with Crippen molar-refractivity contribution in [2.24, 2.45) is 4.99 Å². The molecule has 3 nitrogen and oxygen atoms in total. The number of ether oxygens (including phenoxy) is 1. The summed E-state index contributed by atoms with van der Waals surface area (Å²) in [6, 6.07) is 0. The van der Waals surface area contributed by atoms with Crippen LogP contribution in [0.25, 0.3) is 0 Å². The summed E-state index contributed by atoms with van der Waals surface area (Å²) in [6.07, 6.45) is 10.4. The summed E-state index contributed by atoms with van der Waals surface area (Å²) in [7, 11) is -3.67. The Morgan fingerprint density at radius 1 is 0.870 bits per heavy atom. The summed E-state index contributed by atoms with van der Waals surface area (Å²) in [5.74, 6) is 0. The van der Waals surface area contributed by atoms with Crippen LogP contribution in [0, 0.1) is 0 Å². The molecule has 0 atom stereocenters. The van der Waals surface area contributed by atoms with E-state index in [0.717, 1.165) is 32.8 Å². The van der Waals surface area contributed by atoms with Gasteiger partial charge in [-0.3, -0.25) is 17.9 Å². The van der Waals surface area contributed by atoms with Gasteiger partial charge in [-0.1, -0.05) is 6.42 Å². The fourth-order valence-corrected chi connectivity index (χ4v) is 3.50. The maximum absolute atomic E-state index is 9.67. The van der Waals surface area contributed by atoms with Crippen molar-refractivity contribution in [2.75, 3.05) is 32.8 Å². The van der Waals surface area contributed by atoms with Gasteiger partial charge >= 0.3 is 7.54 Å². The molecule has 0 spiro atoms. The van der Waals surface area contributed by atoms with Crippen molar-refractivity contribution >= 4 is 13.3 Å². The van der Waals surface area contributed by atoms with Gasteiger partial charge in [-0.2, -0.15) is 0 Å². The van der Waals surface area contributed by atoms with E-state index in [2.05, 4.69) is 4.90 Å². The quantitative estimate of drug-likeness (QED) is 0.714. The van der Waals surface area contributed by atoms with E-state index >= 15 is 0 Å². The van der Waals surface area contributed by atoms with Crippen LogP contribution in [0.3, 0.4) is 0 Å². The molecule has 1 aliphatic carbocycles. The van der Waals surface area contributed by atoms with Gasteiger partial charge in [0.1, 0.15) is 0 Å². The molecule has 0 unspecified atom stereocenters. The van der Waals surface area contributed by atoms with E-state index in [1.54, 1.807) is 11.3 Å². The molecule has 2 aliphatic heterocycles. The lowest BCUT2D eigenvalue weighted by atomic mass is 9.90. The van der Waals surface area contributed by atoms with Gasteiger partial charge in [-0.25, -0.2) is 0 Å². The Balaban J connectivity index is 0.000000433. The standard InChI is InChI=1S/C16H26N2O.BF3/c1-2-7-15(17-9-5-1)14-6-3-4-8-16(14)18-10-12-19-13-11-18;2-1(3)4/h1-13H2;. The van der Waals surface area contributed by atoms with Gasteiger partial charge in [0.15, 0.2) is 0 Å². The summed E-state index contributed by atoms with van der Waals surface area (Å²) in [6.45, 7) is 4.99. The smallest absolute Gasteiger partial charge is 0.378 e. The number of hydrogen-bond acceptors (Lipinski definition) is 3. The Morgan fingerprint density at radius 3 is 2.26 bits per heavy atom. The first-order valence-corrected chi connectivity index (χ1v) is 8.69. The maximum Gasteiger partial charge on any atom is 0.762 e. The fourth-order valence-electron chi connectivity index (χ4n) is 3.50. The SMILES string of the molecule is C1CCN=C(C2=C(N3CCOCC3)CCCC2)CC1.FB(F)F. The third-order valence-corrected chi connectivity index (χ3v) is 4.55. The first-order valence-electron chi connectivity index (χ1n) is 8.69. The average Bonchev–Trinajstić information content (AvgIpc) is 2.84. The molecule has 3 aliphatic rings. The molecule has 0 radical (unpaired) electrons. The molecule has 0 bridgehead atoms. The van der Waals surface area contributed by atoms with Gasteiger partial charge in [0.25, 0.3) is 0 Å². The van der Waals surface area contributed by atoms with Crippen molar-refractivity contribution in [2.45, 2.75) is 51.4 Å². The molecule has 2 heterocycles. The van der Waals surface area contributed by atoms with Crippen molar-refractivity contribution in [3.05, 3.63) is 11.3 Å². The summed E-state index contributed by atoms with van der Waals surface area (Å²) >= 11 is 0. The molecule has 1 fully saturated rings. The molecule has 0 aromatic carbocycles. The minimum atomic E-state index is -3.67. The molecule has 3 rings (SSSR count). The van der Waals surface area contributed by atoms with Crippen LogP contribution in [0.5, 0.6) is 0 Å². The Morgan fingerprint density at radius 2 is 1.52 bits per heavy atom. The molecule has 0 amide bonds. The molecule has 0 N–H and O–H groups in total. The average molecular weight is 330 g/mol. The van der Waals surface area contributed by atoms with Crippen molar-refractivity contribution < 1.29 is 17.7 Å². The maximum atomic E-state index is 9.67. The lowest BCUT2D eigenvalue weighted by Crippen LogP contribution is -2.37. The second kappa shape index (κ2) is 10.0. The van der Waals surface area contributed by atoms with E-state index in [0.29, 0.717) is 0 Å². The van der Waals surface area contributed by atoms with Gasteiger partial charge in [-0.05, 0) is 50.5 Å². The zero-order valence-electron chi connectivity index (χ0n) is 13.7. The predicted molar refractivity (Wildman–Crippen MR) is 87.7 cm³/mol. The van der Waals surface area contributed by atoms with Gasteiger partial charge in [0, 0.05) is 31.0 Å². The largest absolute Gasteiger partial charge is 0.762 e. The second-order valence-electron chi connectivity index (χ2n) is 6.12. The minimum absolute atomic E-state index is 0.892. The van der Waals surface area contributed by atoms with E-state index in [4.69, 9.17) is 9.73 Å². The third-order valence-electron chi connectivity index (χ3n) is 4.55. The fraction of sp³-hybridized carbons (Fsp3) is 0.812. The lowest BCUT2D eigenvalue weighted by Gasteiger charge is -2.35. The lowest BCUT2D eigenvalue weighted by molar-refractivity contribution is 0.0509. The van der Waals surface area contributed by atoms with Crippen LogP contribution in [0.1, 0.15) is 51.4 Å². The summed E-state index contributed by atoms with van der Waals surface area (Å²) in [4.78, 5) is 7.47. The molecule has 0 saturated carbocycles. The highest BCUT2D eigenvalue weighted by Gasteiger charge is 2.23. The van der Waals surface area contributed by atoms with Crippen LogP contribution in [-0.4, -0.2) is 51.0 Å². The number of nitrogens with zero attached hydrogens (tertiary/aromatic N) is 2. The van der Waals surface area contributed by atoms with Gasteiger partial charge in [0.05, 0.1) is 13.2 Å². The molecule has 130 valence electrons. The molecular weight excluding hydrogens is 304 g/mol. The van der Waals surface area contributed by atoms with Crippen LogP contribution in [0.15, 0.2) is 16.3 Å². The Bertz CT molecular complexity index is 421. The number of aliphatic imine (C=N–C) groups is 1. The van der Waals surface area contributed by atoms with Gasteiger partial charge in [0.2, 0.25) is 0 Å². The van der Waals surface area contributed by atoms with E-state index in [1.807, 2.05) is 0 Å². The first kappa shape index (κ1) is 18.4. The first-order chi connectivity index (χ1) is 11.2. The minimum Gasteiger partial charge on any atom is -0.378 e. The van der Waals surface area contributed by atoms with Gasteiger partial charge in [-0.15, -0.1) is 0 Å². The Labute approximate surface area is 137 Å². The Hall–Kier alpha value is -0.975. The number of rotatable bonds is 2. The van der Waals surface area contributed by atoms with Crippen LogP contribution in [0.2, 0.25) is 0 Å². The van der Waals surface area contributed by atoms with Crippen LogP contribution in [0.4, 0.5) is 12.9 Å². The molecule has 7 heteroatoms. The molecule has 23 heavy (non-hydrogen) atoms. The van der Waals surface area contributed by atoms with E-state index < -0.39 is 7.54 Å². The molecule has 0 aromatic rings. The zero-order chi connectivity index (χ0) is 16.5. The summed E-state index contributed by atoms with van der Waals surface area (Å²) in [5.41, 5.74) is 4.66. The highest BCUT2D eigenvalue weighted by molar-refractivity contribution is 6.33. The van der Waals surface area contributed by atoms with Crippen LogP contribution >= 0.6 is 0 Å². The van der Waals surface area contributed by atoms with Crippen molar-refractivity contribution in [1.82, 2.24) is 4.90 Å². The normalized spacial score (nSPS) is 22.7. The van der Waals surface area contributed by atoms with E-state index in [1.165, 1.54) is 57.1 Å².